The average Bonchev–Trinajstić information content (AvgIpc) is 2.11. The molecule has 0 saturated heterocycles. The van der Waals surface area contributed by atoms with Crippen LogP contribution in [0.5, 0.6) is 0 Å². The molecule has 1 heterocycles. The first-order chi connectivity index (χ1) is 4.52. The first-order valence-electron chi connectivity index (χ1n) is 3.23. The summed E-state index contributed by atoms with van der Waals surface area (Å²) in [6.45, 7) is 5.85. The van der Waals surface area contributed by atoms with Gasteiger partial charge in [0, 0.05) is 5.41 Å². The molecule has 1 unspecified atom stereocenters. The van der Waals surface area contributed by atoms with Gasteiger partial charge in [-0.15, -0.1) is 0 Å². The molecule has 0 bridgehead atoms. The number of nitrogens with zero attached hydrogens (tertiary/aromatic N) is 1. The van der Waals surface area contributed by atoms with Gasteiger partial charge in [-0.05, 0) is 0 Å². The largest absolute Gasteiger partial charge is 0.469 e. The summed E-state index contributed by atoms with van der Waals surface area (Å²) in [6, 6.07) is 0. The number of aliphatic imine (C=N–C) groups is 1. The molecule has 56 valence electrons. The number of amides is 1. The van der Waals surface area contributed by atoms with Crippen LogP contribution in [0, 0.1) is 5.41 Å². The molecular formula is C7H11NO2. The van der Waals surface area contributed by atoms with E-state index in [2.05, 4.69) is 4.99 Å². The molecule has 0 N–H and O–H groups in total. The lowest BCUT2D eigenvalue weighted by atomic mass is 9.89. The van der Waals surface area contributed by atoms with Crippen molar-refractivity contribution in [1.29, 1.82) is 0 Å². The molecular weight excluding hydrogens is 130 g/mol. The zero-order valence-electron chi connectivity index (χ0n) is 6.42. The number of carbonyl (C=O) groups excluding carboxylic acids is 1. The zero-order valence-corrected chi connectivity index (χ0v) is 6.42. The van der Waals surface area contributed by atoms with Gasteiger partial charge in [-0.25, -0.2) is 0 Å². The van der Waals surface area contributed by atoms with Gasteiger partial charge in [-0.2, -0.15) is 4.99 Å². The van der Waals surface area contributed by atoms with E-state index in [1.807, 2.05) is 20.8 Å². The topological polar surface area (TPSA) is 38.7 Å². The molecule has 1 amide bonds. The molecule has 0 spiro atoms. The summed E-state index contributed by atoms with van der Waals surface area (Å²) < 4.78 is 4.99. The molecule has 0 aromatic heterocycles. The van der Waals surface area contributed by atoms with Crippen molar-refractivity contribution in [2.24, 2.45) is 10.4 Å². The van der Waals surface area contributed by atoms with Crippen LogP contribution in [-0.2, 0) is 9.53 Å². The molecule has 1 aliphatic heterocycles. The van der Waals surface area contributed by atoms with Crippen molar-refractivity contribution >= 4 is 12.3 Å². The SMILES string of the molecule is CC(C)(C)C1OC=NC1=O. The van der Waals surface area contributed by atoms with E-state index in [1.54, 1.807) is 0 Å². The fraction of sp³-hybridized carbons (Fsp3) is 0.714. The van der Waals surface area contributed by atoms with Crippen LogP contribution in [0.25, 0.3) is 0 Å². The molecule has 0 fully saturated rings. The number of ether oxygens (including phenoxy) is 1. The van der Waals surface area contributed by atoms with E-state index < -0.39 is 0 Å². The van der Waals surface area contributed by atoms with Crippen LogP contribution in [0.3, 0.4) is 0 Å². The Morgan fingerprint density at radius 3 is 2.40 bits per heavy atom. The highest BCUT2D eigenvalue weighted by atomic mass is 16.5. The smallest absolute Gasteiger partial charge is 0.290 e. The van der Waals surface area contributed by atoms with E-state index in [0.717, 1.165) is 0 Å². The summed E-state index contributed by atoms with van der Waals surface area (Å²) in [5.41, 5.74) is -0.145. The second-order valence-electron chi connectivity index (χ2n) is 3.45. The van der Waals surface area contributed by atoms with Gasteiger partial charge < -0.3 is 4.74 Å². The fourth-order valence-electron chi connectivity index (χ4n) is 0.844. The van der Waals surface area contributed by atoms with Crippen LogP contribution in [0.4, 0.5) is 0 Å². The van der Waals surface area contributed by atoms with Crippen LogP contribution >= 0.6 is 0 Å². The number of hydrogen-bond donors (Lipinski definition) is 0. The Balaban J connectivity index is 2.69. The average molecular weight is 141 g/mol. The van der Waals surface area contributed by atoms with Gasteiger partial charge >= 0.3 is 0 Å². The number of carbonyl (C=O) groups is 1. The maximum atomic E-state index is 10.9. The Kier molecular flexibility index (Phi) is 1.50. The minimum atomic E-state index is -0.382. The molecule has 1 atom stereocenters. The monoisotopic (exact) mass is 141 g/mol. The van der Waals surface area contributed by atoms with Crippen LogP contribution in [0.1, 0.15) is 20.8 Å². The third-order valence-electron chi connectivity index (χ3n) is 1.39. The number of hydrogen-bond acceptors (Lipinski definition) is 2. The lowest BCUT2D eigenvalue weighted by Crippen LogP contribution is -2.32. The van der Waals surface area contributed by atoms with Gasteiger partial charge in [0.25, 0.3) is 5.91 Å². The first-order valence-corrected chi connectivity index (χ1v) is 3.23. The van der Waals surface area contributed by atoms with Crippen LogP contribution in [0.2, 0.25) is 0 Å². The van der Waals surface area contributed by atoms with Crippen molar-refractivity contribution in [3.8, 4) is 0 Å². The Morgan fingerprint density at radius 1 is 1.60 bits per heavy atom. The summed E-state index contributed by atoms with van der Waals surface area (Å²) >= 11 is 0. The van der Waals surface area contributed by atoms with Crippen LogP contribution in [0.15, 0.2) is 4.99 Å². The fourth-order valence-corrected chi connectivity index (χ4v) is 0.844. The minimum Gasteiger partial charge on any atom is -0.469 e. The second kappa shape index (κ2) is 2.08. The molecule has 3 heteroatoms. The molecule has 0 aliphatic carbocycles. The quantitative estimate of drug-likeness (QED) is 0.504. The Morgan fingerprint density at radius 2 is 2.20 bits per heavy atom. The van der Waals surface area contributed by atoms with Crippen molar-refractivity contribution in [2.45, 2.75) is 26.9 Å². The predicted molar refractivity (Wildman–Crippen MR) is 37.8 cm³/mol. The van der Waals surface area contributed by atoms with E-state index in [9.17, 15) is 4.79 Å². The molecule has 0 radical (unpaired) electrons. The first kappa shape index (κ1) is 7.25. The molecule has 10 heavy (non-hydrogen) atoms. The third-order valence-corrected chi connectivity index (χ3v) is 1.39. The Labute approximate surface area is 60.1 Å². The highest BCUT2D eigenvalue weighted by molar-refractivity contribution is 5.92. The zero-order chi connectivity index (χ0) is 7.78. The summed E-state index contributed by atoms with van der Waals surface area (Å²) in [7, 11) is 0. The second-order valence-corrected chi connectivity index (χ2v) is 3.45. The van der Waals surface area contributed by atoms with Crippen molar-refractivity contribution in [3.63, 3.8) is 0 Å². The minimum absolute atomic E-state index is 0.145. The maximum Gasteiger partial charge on any atom is 0.290 e. The van der Waals surface area contributed by atoms with Gasteiger partial charge in [-0.1, -0.05) is 20.8 Å². The lowest BCUT2D eigenvalue weighted by molar-refractivity contribution is -0.126. The molecule has 3 nitrogen and oxygen atoms in total. The standard InChI is InChI=1S/C7H11NO2/c1-7(2,3)5-6(9)8-4-10-5/h4-5H,1-3H3. The van der Waals surface area contributed by atoms with Crippen molar-refractivity contribution in [3.05, 3.63) is 0 Å². The highest BCUT2D eigenvalue weighted by Gasteiger charge is 2.35. The van der Waals surface area contributed by atoms with E-state index in [1.165, 1.54) is 6.40 Å². The number of rotatable bonds is 0. The summed E-state index contributed by atoms with van der Waals surface area (Å²) in [6.07, 6.45) is 0.839. The third kappa shape index (κ3) is 1.17. The van der Waals surface area contributed by atoms with Gasteiger partial charge in [0.1, 0.15) is 0 Å². The molecule has 1 rings (SSSR count). The van der Waals surface area contributed by atoms with Gasteiger partial charge in [0.05, 0.1) is 0 Å². The van der Waals surface area contributed by atoms with Gasteiger partial charge in [-0.3, -0.25) is 4.79 Å². The highest BCUT2D eigenvalue weighted by Crippen LogP contribution is 2.24. The summed E-state index contributed by atoms with van der Waals surface area (Å²) in [5.74, 6) is -0.174. The van der Waals surface area contributed by atoms with E-state index in [-0.39, 0.29) is 17.4 Å². The summed E-state index contributed by atoms with van der Waals surface area (Å²) in [5, 5.41) is 0. The van der Waals surface area contributed by atoms with Crippen LogP contribution < -0.4 is 0 Å². The molecule has 0 aromatic carbocycles. The van der Waals surface area contributed by atoms with Gasteiger partial charge in [0.2, 0.25) is 0 Å². The van der Waals surface area contributed by atoms with Crippen molar-refractivity contribution < 1.29 is 9.53 Å². The van der Waals surface area contributed by atoms with E-state index >= 15 is 0 Å². The molecule has 1 aliphatic rings. The Hall–Kier alpha value is -0.860. The lowest BCUT2D eigenvalue weighted by Gasteiger charge is -2.22. The van der Waals surface area contributed by atoms with Crippen LogP contribution in [-0.4, -0.2) is 18.4 Å². The van der Waals surface area contributed by atoms with Crippen molar-refractivity contribution in [2.75, 3.05) is 0 Å². The Bertz CT molecular complexity index is 179. The van der Waals surface area contributed by atoms with Crippen molar-refractivity contribution in [1.82, 2.24) is 0 Å². The molecule has 0 aromatic rings. The predicted octanol–water partition coefficient (Wildman–Crippen LogP) is 0.986. The maximum absolute atomic E-state index is 10.9. The van der Waals surface area contributed by atoms with E-state index in [4.69, 9.17) is 4.74 Å². The van der Waals surface area contributed by atoms with Gasteiger partial charge in [0.15, 0.2) is 12.5 Å². The molecule has 0 saturated carbocycles. The summed E-state index contributed by atoms with van der Waals surface area (Å²) in [4.78, 5) is 14.4. The van der Waals surface area contributed by atoms with E-state index in [0.29, 0.717) is 0 Å². The normalized spacial score (nSPS) is 25.1.